The largest absolute Gasteiger partial charge is 0.365 e. The lowest BCUT2D eigenvalue weighted by atomic mass is 10.2. The standard InChI is InChI=1S/C16H15N3/c1-2-6-15-13(5-1)8-10-18(15)11-14-12-19-9-4-3-7-16(19)17-14/h1-7,9,12H,8,10-11H2. The van der Waals surface area contributed by atoms with Gasteiger partial charge in [0.05, 0.1) is 12.2 Å². The SMILES string of the molecule is c1ccc2c(c1)CCN2Cc1cn2ccccc2n1. The summed E-state index contributed by atoms with van der Waals surface area (Å²) in [6, 6.07) is 14.8. The second-order valence-electron chi connectivity index (χ2n) is 5.00. The smallest absolute Gasteiger partial charge is 0.137 e. The van der Waals surface area contributed by atoms with Crippen LogP contribution in [0.1, 0.15) is 11.3 Å². The molecule has 0 saturated carbocycles. The zero-order valence-electron chi connectivity index (χ0n) is 10.7. The average Bonchev–Trinajstić information content (AvgIpc) is 3.03. The van der Waals surface area contributed by atoms with Gasteiger partial charge in [0.25, 0.3) is 0 Å². The maximum atomic E-state index is 4.67. The molecule has 0 fully saturated rings. The van der Waals surface area contributed by atoms with Crippen LogP contribution in [-0.4, -0.2) is 15.9 Å². The Bertz CT molecular complexity index is 696. The van der Waals surface area contributed by atoms with Crippen LogP contribution in [0, 0.1) is 0 Å². The summed E-state index contributed by atoms with van der Waals surface area (Å²) in [5.41, 5.74) is 4.96. The van der Waals surface area contributed by atoms with E-state index in [2.05, 4.69) is 44.7 Å². The molecule has 3 heteroatoms. The van der Waals surface area contributed by atoms with Crippen molar-refractivity contribution in [3.8, 4) is 0 Å². The van der Waals surface area contributed by atoms with Crippen LogP contribution >= 0.6 is 0 Å². The molecule has 3 heterocycles. The molecule has 1 aromatic carbocycles. The Labute approximate surface area is 112 Å². The van der Waals surface area contributed by atoms with Crippen LogP contribution in [0.5, 0.6) is 0 Å². The molecule has 3 nitrogen and oxygen atoms in total. The number of benzene rings is 1. The van der Waals surface area contributed by atoms with Crippen molar-refractivity contribution >= 4 is 11.3 Å². The van der Waals surface area contributed by atoms with Gasteiger partial charge in [0.15, 0.2) is 0 Å². The monoisotopic (exact) mass is 249 g/mol. The van der Waals surface area contributed by atoms with E-state index in [-0.39, 0.29) is 0 Å². The fourth-order valence-corrected chi connectivity index (χ4v) is 2.83. The molecule has 2 aromatic heterocycles. The fraction of sp³-hybridized carbons (Fsp3) is 0.188. The normalized spacial score (nSPS) is 14.0. The maximum absolute atomic E-state index is 4.67. The molecule has 0 bridgehead atoms. The molecule has 0 amide bonds. The third-order valence-electron chi connectivity index (χ3n) is 3.75. The number of hydrogen-bond donors (Lipinski definition) is 0. The summed E-state index contributed by atoms with van der Waals surface area (Å²) in [6.45, 7) is 1.98. The Morgan fingerprint density at radius 1 is 1.05 bits per heavy atom. The predicted octanol–water partition coefficient (Wildman–Crippen LogP) is 2.90. The molecule has 0 spiro atoms. The van der Waals surface area contributed by atoms with E-state index in [1.54, 1.807) is 0 Å². The van der Waals surface area contributed by atoms with Gasteiger partial charge in [0, 0.05) is 24.6 Å². The minimum Gasteiger partial charge on any atom is -0.365 e. The van der Waals surface area contributed by atoms with Crippen molar-refractivity contribution in [1.29, 1.82) is 0 Å². The zero-order chi connectivity index (χ0) is 12.7. The van der Waals surface area contributed by atoms with Crippen LogP contribution in [0.15, 0.2) is 54.9 Å². The van der Waals surface area contributed by atoms with E-state index in [1.807, 2.05) is 24.4 Å². The summed E-state index contributed by atoms with van der Waals surface area (Å²) in [5.74, 6) is 0. The first-order valence-electron chi connectivity index (χ1n) is 6.66. The van der Waals surface area contributed by atoms with Crippen molar-refractivity contribution in [3.05, 3.63) is 66.1 Å². The summed E-state index contributed by atoms with van der Waals surface area (Å²) in [5, 5.41) is 0. The van der Waals surface area contributed by atoms with Crippen LogP contribution in [0.25, 0.3) is 5.65 Å². The molecule has 0 saturated heterocycles. The highest BCUT2D eigenvalue weighted by molar-refractivity contribution is 5.58. The number of nitrogens with zero attached hydrogens (tertiary/aromatic N) is 3. The Morgan fingerprint density at radius 3 is 2.89 bits per heavy atom. The van der Waals surface area contributed by atoms with E-state index < -0.39 is 0 Å². The summed E-state index contributed by atoms with van der Waals surface area (Å²) >= 11 is 0. The predicted molar refractivity (Wildman–Crippen MR) is 76.4 cm³/mol. The second kappa shape index (κ2) is 4.12. The first-order valence-corrected chi connectivity index (χ1v) is 6.66. The number of para-hydroxylation sites is 1. The number of hydrogen-bond acceptors (Lipinski definition) is 2. The summed E-state index contributed by atoms with van der Waals surface area (Å²) in [7, 11) is 0. The lowest BCUT2D eigenvalue weighted by Gasteiger charge is -2.17. The van der Waals surface area contributed by atoms with Gasteiger partial charge in [0.2, 0.25) is 0 Å². The highest BCUT2D eigenvalue weighted by atomic mass is 15.2. The quantitative estimate of drug-likeness (QED) is 0.696. The van der Waals surface area contributed by atoms with Gasteiger partial charge in [-0.15, -0.1) is 0 Å². The minimum absolute atomic E-state index is 0.888. The van der Waals surface area contributed by atoms with Crippen molar-refractivity contribution in [1.82, 2.24) is 9.38 Å². The highest BCUT2D eigenvalue weighted by Gasteiger charge is 2.19. The van der Waals surface area contributed by atoms with Crippen molar-refractivity contribution in [2.75, 3.05) is 11.4 Å². The molecule has 94 valence electrons. The Balaban J connectivity index is 1.65. The van der Waals surface area contributed by atoms with Crippen LogP contribution in [0.3, 0.4) is 0 Å². The summed E-state index contributed by atoms with van der Waals surface area (Å²) < 4.78 is 2.08. The van der Waals surface area contributed by atoms with E-state index in [4.69, 9.17) is 0 Å². The van der Waals surface area contributed by atoms with Gasteiger partial charge in [-0.3, -0.25) is 0 Å². The van der Waals surface area contributed by atoms with Gasteiger partial charge in [-0.1, -0.05) is 24.3 Å². The number of fused-ring (bicyclic) bond motifs is 2. The van der Waals surface area contributed by atoms with Crippen molar-refractivity contribution < 1.29 is 0 Å². The maximum Gasteiger partial charge on any atom is 0.137 e. The van der Waals surface area contributed by atoms with Gasteiger partial charge in [-0.05, 0) is 30.2 Å². The van der Waals surface area contributed by atoms with Crippen LogP contribution in [0.4, 0.5) is 5.69 Å². The molecule has 1 aliphatic rings. The van der Waals surface area contributed by atoms with E-state index in [1.165, 1.54) is 11.3 Å². The van der Waals surface area contributed by atoms with Gasteiger partial charge in [0.1, 0.15) is 5.65 Å². The average molecular weight is 249 g/mol. The number of imidazole rings is 1. The van der Waals surface area contributed by atoms with Crippen molar-refractivity contribution in [2.24, 2.45) is 0 Å². The molecule has 0 aliphatic carbocycles. The third kappa shape index (κ3) is 1.78. The lowest BCUT2D eigenvalue weighted by molar-refractivity contribution is 0.820. The topological polar surface area (TPSA) is 20.5 Å². The fourth-order valence-electron chi connectivity index (χ4n) is 2.83. The lowest BCUT2D eigenvalue weighted by Crippen LogP contribution is -2.19. The number of pyridine rings is 1. The highest BCUT2D eigenvalue weighted by Crippen LogP contribution is 2.28. The first kappa shape index (κ1) is 10.6. The summed E-state index contributed by atoms with van der Waals surface area (Å²) in [4.78, 5) is 7.08. The molecule has 1 aliphatic heterocycles. The van der Waals surface area contributed by atoms with Crippen molar-refractivity contribution in [3.63, 3.8) is 0 Å². The minimum atomic E-state index is 0.888. The zero-order valence-corrected chi connectivity index (χ0v) is 10.7. The molecule has 0 unspecified atom stereocenters. The third-order valence-corrected chi connectivity index (χ3v) is 3.75. The van der Waals surface area contributed by atoms with E-state index >= 15 is 0 Å². The first-order chi connectivity index (χ1) is 9.40. The van der Waals surface area contributed by atoms with Gasteiger partial charge < -0.3 is 9.30 Å². The van der Waals surface area contributed by atoms with E-state index in [0.717, 1.165) is 30.9 Å². The van der Waals surface area contributed by atoms with Gasteiger partial charge in [-0.25, -0.2) is 4.98 Å². The van der Waals surface area contributed by atoms with E-state index in [0.29, 0.717) is 0 Å². The number of aromatic nitrogens is 2. The van der Waals surface area contributed by atoms with Crippen molar-refractivity contribution in [2.45, 2.75) is 13.0 Å². The molecular formula is C16H15N3. The molecule has 4 rings (SSSR count). The molecule has 0 N–H and O–H groups in total. The van der Waals surface area contributed by atoms with Gasteiger partial charge >= 0.3 is 0 Å². The number of anilines is 1. The molecular weight excluding hydrogens is 234 g/mol. The Hall–Kier alpha value is -2.29. The molecule has 3 aromatic rings. The Morgan fingerprint density at radius 2 is 1.95 bits per heavy atom. The van der Waals surface area contributed by atoms with Crippen LogP contribution in [-0.2, 0) is 13.0 Å². The molecule has 0 atom stereocenters. The molecule has 19 heavy (non-hydrogen) atoms. The second-order valence-corrected chi connectivity index (χ2v) is 5.00. The van der Waals surface area contributed by atoms with Gasteiger partial charge in [-0.2, -0.15) is 0 Å². The molecule has 0 radical (unpaired) electrons. The van der Waals surface area contributed by atoms with E-state index in [9.17, 15) is 0 Å². The van der Waals surface area contributed by atoms with Crippen LogP contribution < -0.4 is 4.90 Å². The van der Waals surface area contributed by atoms with Crippen LogP contribution in [0.2, 0.25) is 0 Å². The number of rotatable bonds is 2. The summed E-state index contributed by atoms with van der Waals surface area (Å²) in [6.07, 6.45) is 5.31. The Kier molecular flexibility index (Phi) is 2.30.